The Bertz CT molecular complexity index is 1450. The van der Waals surface area contributed by atoms with Gasteiger partial charge in [0.2, 0.25) is 11.8 Å². The summed E-state index contributed by atoms with van der Waals surface area (Å²) >= 11 is 0. The second kappa shape index (κ2) is 12.7. The molecule has 0 radical (unpaired) electrons. The van der Waals surface area contributed by atoms with Crippen LogP contribution >= 0.6 is 0 Å². The first-order valence-corrected chi connectivity index (χ1v) is 13.4. The van der Waals surface area contributed by atoms with E-state index in [-0.39, 0.29) is 0 Å². The molecule has 0 aliphatic carbocycles. The monoisotopic (exact) mass is 519 g/mol. The summed E-state index contributed by atoms with van der Waals surface area (Å²) in [5.74, 6) is 2.17. The third-order valence-corrected chi connectivity index (χ3v) is 6.47. The smallest absolute Gasteiger partial charge is 0.227 e. The van der Waals surface area contributed by atoms with Gasteiger partial charge in [-0.1, -0.05) is 67.9 Å². The van der Waals surface area contributed by atoms with Crippen LogP contribution in [0.5, 0.6) is 0 Å². The van der Waals surface area contributed by atoms with E-state index in [2.05, 4.69) is 73.1 Å². The molecule has 0 aliphatic heterocycles. The molecule has 0 saturated carbocycles. The fourth-order valence-corrected chi connectivity index (χ4v) is 4.46. The number of H-pyrrole nitrogens is 1. The van der Waals surface area contributed by atoms with Crippen LogP contribution in [0.15, 0.2) is 79.0 Å². The Labute approximate surface area is 228 Å². The summed E-state index contributed by atoms with van der Waals surface area (Å²) in [5.41, 5.74) is 6.31. The molecule has 0 bridgehead atoms. The maximum Gasteiger partial charge on any atom is 0.227 e. The molecule has 0 atom stereocenters. The van der Waals surface area contributed by atoms with Gasteiger partial charge in [-0.05, 0) is 47.4 Å². The highest BCUT2D eigenvalue weighted by molar-refractivity contribution is 5.80. The molecule has 198 valence electrons. The van der Waals surface area contributed by atoms with Crippen LogP contribution in [0.3, 0.4) is 0 Å². The first-order chi connectivity index (χ1) is 19.2. The Kier molecular flexibility index (Phi) is 8.48. The predicted octanol–water partition coefficient (Wildman–Crippen LogP) is 5.49. The number of tetrazole rings is 1. The number of hydrogen-bond donors (Lipinski definition) is 2. The summed E-state index contributed by atoms with van der Waals surface area (Å²) in [7, 11) is 0. The van der Waals surface area contributed by atoms with Crippen molar-refractivity contribution in [3.8, 4) is 22.5 Å². The van der Waals surface area contributed by atoms with Gasteiger partial charge in [-0.2, -0.15) is 10.2 Å². The van der Waals surface area contributed by atoms with Gasteiger partial charge in [-0.15, -0.1) is 10.2 Å². The van der Waals surface area contributed by atoms with Gasteiger partial charge in [0.25, 0.3) is 0 Å². The normalized spacial score (nSPS) is 10.9. The molecule has 0 amide bonds. The van der Waals surface area contributed by atoms with E-state index in [0.29, 0.717) is 5.82 Å². The number of nitrogens with zero attached hydrogens (tertiary/aromatic N) is 7. The summed E-state index contributed by atoms with van der Waals surface area (Å²) in [6, 6.07) is 24.7. The lowest BCUT2D eigenvalue weighted by Crippen LogP contribution is -2.26. The molecule has 0 fully saturated rings. The van der Waals surface area contributed by atoms with Gasteiger partial charge in [0, 0.05) is 55.3 Å². The third kappa shape index (κ3) is 6.81. The van der Waals surface area contributed by atoms with E-state index >= 15 is 0 Å². The zero-order chi connectivity index (χ0) is 26.9. The molecular formula is C30H33N9. The van der Waals surface area contributed by atoms with Crippen molar-refractivity contribution in [2.24, 2.45) is 0 Å². The average Bonchev–Trinajstić information content (AvgIpc) is 3.51. The molecular weight excluding hydrogens is 486 g/mol. The predicted molar refractivity (Wildman–Crippen MR) is 154 cm³/mol. The summed E-state index contributed by atoms with van der Waals surface area (Å²) in [5, 5.41) is 18.0. The van der Waals surface area contributed by atoms with Gasteiger partial charge >= 0.3 is 0 Å². The summed E-state index contributed by atoms with van der Waals surface area (Å²) in [6.07, 6.45) is 4.83. The second-order valence-corrected chi connectivity index (χ2v) is 9.45. The quantitative estimate of drug-likeness (QED) is 0.223. The van der Waals surface area contributed by atoms with E-state index in [1.165, 1.54) is 5.56 Å². The molecule has 0 spiro atoms. The lowest BCUT2D eigenvalue weighted by molar-refractivity contribution is 0.696. The number of nitrogens with one attached hydrogen (secondary N) is 2. The number of benzene rings is 2. The topological polar surface area (TPSA) is 108 Å². The first-order valence-electron chi connectivity index (χ1n) is 13.4. The molecule has 9 nitrogen and oxygen atoms in total. The Balaban J connectivity index is 1.32. The van der Waals surface area contributed by atoms with E-state index in [1.54, 1.807) is 0 Å². The molecule has 2 N–H and O–H groups in total. The number of hydrogen-bond acceptors (Lipinski definition) is 8. The molecule has 3 heterocycles. The zero-order valence-electron chi connectivity index (χ0n) is 22.4. The summed E-state index contributed by atoms with van der Waals surface area (Å²) in [4.78, 5) is 16.3. The van der Waals surface area contributed by atoms with Gasteiger partial charge in [0.05, 0.1) is 0 Å². The van der Waals surface area contributed by atoms with Crippen LogP contribution in [-0.2, 0) is 13.0 Å². The Morgan fingerprint density at radius 3 is 2.49 bits per heavy atom. The van der Waals surface area contributed by atoms with Crippen molar-refractivity contribution in [2.45, 2.75) is 39.7 Å². The van der Waals surface area contributed by atoms with Crippen molar-refractivity contribution < 1.29 is 0 Å². The SMILES string of the molecule is CCCCN(Cc1ccc(-c2ccccc2-c2nn[nH]n2)cc1)c1nc(C)cc(NCCc2ccccn2)n1. The molecule has 0 unspecified atom stereocenters. The molecule has 0 aliphatic rings. The molecule has 9 heteroatoms. The van der Waals surface area contributed by atoms with Gasteiger partial charge < -0.3 is 10.2 Å². The fourth-order valence-electron chi connectivity index (χ4n) is 4.46. The van der Waals surface area contributed by atoms with Crippen LogP contribution in [0, 0.1) is 6.92 Å². The van der Waals surface area contributed by atoms with Gasteiger partial charge in [-0.3, -0.25) is 4.98 Å². The Morgan fingerprint density at radius 1 is 0.923 bits per heavy atom. The minimum absolute atomic E-state index is 0.585. The minimum atomic E-state index is 0.585. The molecule has 3 aromatic heterocycles. The van der Waals surface area contributed by atoms with Crippen molar-refractivity contribution in [3.63, 3.8) is 0 Å². The molecule has 0 saturated heterocycles. The Morgan fingerprint density at radius 2 is 1.74 bits per heavy atom. The molecule has 5 rings (SSSR count). The standard InChI is InChI=1S/C30H33N9/c1-3-4-19-39(30-33-22(2)20-28(34-30)32-18-16-25-9-7-8-17-31-25)21-23-12-14-24(15-13-23)26-10-5-6-11-27(26)29-35-37-38-36-29/h5-15,17,20H,3-4,16,18-19,21H2,1-2H3,(H,32,33,34)(H,35,36,37,38). The van der Waals surface area contributed by atoms with Crippen molar-refractivity contribution >= 4 is 11.8 Å². The van der Waals surface area contributed by atoms with Crippen LogP contribution in [0.2, 0.25) is 0 Å². The van der Waals surface area contributed by atoms with Crippen molar-refractivity contribution in [1.82, 2.24) is 35.6 Å². The van der Waals surface area contributed by atoms with E-state index in [1.807, 2.05) is 55.6 Å². The lowest BCUT2D eigenvalue weighted by Gasteiger charge is -2.24. The van der Waals surface area contributed by atoms with E-state index in [4.69, 9.17) is 9.97 Å². The molecule has 39 heavy (non-hydrogen) atoms. The van der Waals surface area contributed by atoms with Crippen molar-refractivity contribution in [1.29, 1.82) is 0 Å². The third-order valence-electron chi connectivity index (χ3n) is 6.47. The minimum Gasteiger partial charge on any atom is -0.370 e. The lowest BCUT2D eigenvalue weighted by atomic mass is 9.98. The van der Waals surface area contributed by atoms with Crippen LogP contribution in [-0.4, -0.2) is 48.7 Å². The number of unbranched alkanes of at least 4 members (excludes halogenated alkanes) is 1. The fraction of sp³-hybridized carbons (Fsp3) is 0.267. The van der Waals surface area contributed by atoms with Crippen molar-refractivity contribution in [2.75, 3.05) is 23.3 Å². The van der Waals surface area contributed by atoms with Crippen LogP contribution in [0.4, 0.5) is 11.8 Å². The van der Waals surface area contributed by atoms with E-state index in [9.17, 15) is 0 Å². The highest BCUT2D eigenvalue weighted by Gasteiger charge is 2.14. The van der Waals surface area contributed by atoms with Gasteiger partial charge in [-0.25, -0.2) is 4.98 Å². The van der Waals surface area contributed by atoms with Gasteiger partial charge in [0.15, 0.2) is 0 Å². The summed E-state index contributed by atoms with van der Waals surface area (Å²) < 4.78 is 0. The Hall–Kier alpha value is -4.66. The molecule has 2 aromatic carbocycles. The largest absolute Gasteiger partial charge is 0.370 e. The van der Waals surface area contributed by atoms with Crippen LogP contribution in [0.25, 0.3) is 22.5 Å². The summed E-state index contributed by atoms with van der Waals surface area (Å²) in [6.45, 7) is 6.59. The highest BCUT2D eigenvalue weighted by atomic mass is 15.5. The average molecular weight is 520 g/mol. The number of aromatic nitrogens is 7. The highest BCUT2D eigenvalue weighted by Crippen LogP contribution is 2.30. The van der Waals surface area contributed by atoms with Gasteiger partial charge in [0.1, 0.15) is 5.82 Å². The van der Waals surface area contributed by atoms with E-state index in [0.717, 1.165) is 78.7 Å². The number of aryl methyl sites for hydroxylation is 1. The maximum atomic E-state index is 4.88. The first kappa shape index (κ1) is 26.0. The number of anilines is 2. The zero-order valence-corrected chi connectivity index (χ0v) is 22.4. The second-order valence-electron chi connectivity index (χ2n) is 9.45. The number of pyridine rings is 1. The van der Waals surface area contributed by atoms with Crippen LogP contribution < -0.4 is 10.2 Å². The number of rotatable bonds is 12. The molecule has 5 aromatic rings. The van der Waals surface area contributed by atoms with Crippen LogP contribution in [0.1, 0.15) is 36.7 Å². The van der Waals surface area contributed by atoms with E-state index < -0.39 is 0 Å². The maximum absolute atomic E-state index is 4.88. The number of aromatic amines is 1. The van der Waals surface area contributed by atoms with Crippen molar-refractivity contribution in [3.05, 3.63) is 95.9 Å².